The summed E-state index contributed by atoms with van der Waals surface area (Å²) in [6.07, 6.45) is 1.02. The highest BCUT2D eigenvalue weighted by atomic mass is 35.5. The molecule has 1 aliphatic rings. The molecule has 0 bridgehead atoms. The molecular formula is C11H12ClN3OS. The van der Waals surface area contributed by atoms with Gasteiger partial charge in [-0.25, -0.2) is 4.98 Å². The van der Waals surface area contributed by atoms with Gasteiger partial charge in [-0.2, -0.15) is 4.98 Å². The van der Waals surface area contributed by atoms with Gasteiger partial charge >= 0.3 is 0 Å². The second-order valence-electron chi connectivity index (χ2n) is 3.91. The van der Waals surface area contributed by atoms with E-state index >= 15 is 0 Å². The van der Waals surface area contributed by atoms with Crippen molar-refractivity contribution in [3.63, 3.8) is 0 Å². The second kappa shape index (κ2) is 4.76. The molecule has 6 heteroatoms. The minimum Gasteiger partial charge on any atom is -0.380 e. The van der Waals surface area contributed by atoms with Crippen LogP contribution in [0.1, 0.15) is 6.42 Å². The first-order chi connectivity index (χ1) is 8.34. The summed E-state index contributed by atoms with van der Waals surface area (Å²) in [6, 6.07) is 2.05. The number of nitrogens with zero attached hydrogens (tertiary/aromatic N) is 3. The van der Waals surface area contributed by atoms with Gasteiger partial charge in [0, 0.05) is 19.7 Å². The molecule has 3 heterocycles. The quantitative estimate of drug-likeness (QED) is 0.746. The predicted octanol–water partition coefficient (Wildman–Crippen LogP) is 2.57. The van der Waals surface area contributed by atoms with Crippen LogP contribution in [0.25, 0.3) is 10.2 Å². The van der Waals surface area contributed by atoms with Gasteiger partial charge in [0.05, 0.1) is 12.0 Å². The number of fused-ring (bicyclic) bond motifs is 1. The third-order valence-corrected chi connectivity index (χ3v) is 3.78. The van der Waals surface area contributed by atoms with E-state index in [9.17, 15) is 0 Å². The Bertz CT molecular complexity index is 522. The minimum absolute atomic E-state index is 0.320. The van der Waals surface area contributed by atoms with E-state index in [2.05, 4.69) is 20.9 Å². The van der Waals surface area contributed by atoms with E-state index in [-0.39, 0.29) is 0 Å². The molecule has 90 valence electrons. The molecular weight excluding hydrogens is 258 g/mol. The molecule has 1 fully saturated rings. The SMILES string of the molecule is Clc1nc(N2CCCOCC2)c2ccsc2n1. The maximum atomic E-state index is 5.97. The summed E-state index contributed by atoms with van der Waals surface area (Å²) < 4.78 is 5.45. The number of ether oxygens (including phenoxy) is 1. The summed E-state index contributed by atoms with van der Waals surface area (Å²) in [5.41, 5.74) is 0. The van der Waals surface area contributed by atoms with Crippen molar-refractivity contribution in [2.75, 3.05) is 31.2 Å². The summed E-state index contributed by atoms with van der Waals surface area (Å²) in [5.74, 6) is 0.937. The number of halogens is 1. The molecule has 0 aliphatic carbocycles. The number of anilines is 1. The molecule has 0 atom stereocenters. The molecule has 0 unspecified atom stereocenters. The molecule has 0 N–H and O–H groups in total. The largest absolute Gasteiger partial charge is 0.380 e. The lowest BCUT2D eigenvalue weighted by molar-refractivity contribution is 0.152. The smallest absolute Gasteiger partial charge is 0.225 e. The highest BCUT2D eigenvalue weighted by Gasteiger charge is 2.16. The Morgan fingerprint density at radius 2 is 2.24 bits per heavy atom. The van der Waals surface area contributed by atoms with Gasteiger partial charge in [0.25, 0.3) is 0 Å². The van der Waals surface area contributed by atoms with Crippen LogP contribution in [0.3, 0.4) is 0 Å². The molecule has 2 aromatic rings. The van der Waals surface area contributed by atoms with Gasteiger partial charge in [-0.05, 0) is 29.5 Å². The summed E-state index contributed by atoms with van der Waals surface area (Å²) in [4.78, 5) is 11.8. The van der Waals surface area contributed by atoms with Crippen LogP contribution in [-0.4, -0.2) is 36.3 Å². The summed E-state index contributed by atoms with van der Waals surface area (Å²) in [6.45, 7) is 3.38. The normalized spacial score (nSPS) is 17.4. The number of thiophene rings is 1. The molecule has 17 heavy (non-hydrogen) atoms. The Morgan fingerprint density at radius 1 is 1.29 bits per heavy atom. The fraction of sp³-hybridized carbons (Fsp3) is 0.455. The van der Waals surface area contributed by atoms with E-state index < -0.39 is 0 Å². The Hall–Kier alpha value is -0.910. The standard InChI is InChI=1S/C11H12ClN3OS/c12-11-13-9(8-2-7-17-10(8)14-11)15-3-1-5-16-6-4-15/h2,7H,1,3-6H2. The summed E-state index contributed by atoms with van der Waals surface area (Å²) >= 11 is 7.56. The van der Waals surface area contributed by atoms with E-state index in [4.69, 9.17) is 16.3 Å². The van der Waals surface area contributed by atoms with E-state index in [0.717, 1.165) is 48.8 Å². The third-order valence-electron chi connectivity index (χ3n) is 2.80. The van der Waals surface area contributed by atoms with E-state index in [1.54, 1.807) is 11.3 Å². The van der Waals surface area contributed by atoms with Gasteiger partial charge in [-0.3, -0.25) is 0 Å². The van der Waals surface area contributed by atoms with Gasteiger partial charge < -0.3 is 9.64 Å². The molecule has 1 saturated heterocycles. The van der Waals surface area contributed by atoms with Gasteiger partial charge in [-0.1, -0.05) is 0 Å². The number of hydrogen-bond acceptors (Lipinski definition) is 5. The molecule has 0 aromatic carbocycles. The van der Waals surface area contributed by atoms with Crippen molar-refractivity contribution in [1.82, 2.24) is 9.97 Å². The van der Waals surface area contributed by atoms with E-state index in [1.165, 1.54) is 0 Å². The molecule has 3 rings (SSSR count). The van der Waals surface area contributed by atoms with Crippen molar-refractivity contribution < 1.29 is 4.74 Å². The average molecular weight is 270 g/mol. The Morgan fingerprint density at radius 3 is 3.18 bits per heavy atom. The predicted molar refractivity (Wildman–Crippen MR) is 70.1 cm³/mol. The maximum Gasteiger partial charge on any atom is 0.225 e. The highest BCUT2D eigenvalue weighted by Crippen LogP contribution is 2.29. The molecule has 2 aromatic heterocycles. The van der Waals surface area contributed by atoms with Gasteiger partial charge in [0.1, 0.15) is 10.6 Å². The molecule has 0 radical (unpaired) electrons. The van der Waals surface area contributed by atoms with Crippen LogP contribution in [0.5, 0.6) is 0 Å². The fourth-order valence-electron chi connectivity index (χ4n) is 2.01. The monoisotopic (exact) mass is 269 g/mol. The molecule has 0 saturated carbocycles. The van der Waals surface area contributed by atoms with Gasteiger partial charge in [0.2, 0.25) is 5.28 Å². The van der Waals surface area contributed by atoms with E-state index in [0.29, 0.717) is 5.28 Å². The second-order valence-corrected chi connectivity index (χ2v) is 5.14. The first kappa shape index (κ1) is 11.2. The minimum atomic E-state index is 0.320. The lowest BCUT2D eigenvalue weighted by Gasteiger charge is -2.21. The first-order valence-electron chi connectivity index (χ1n) is 5.58. The van der Waals surface area contributed by atoms with Crippen molar-refractivity contribution in [3.05, 3.63) is 16.7 Å². The van der Waals surface area contributed by atoms with Crippen molar-refractivity contribution in [2.24, 2.45) is 0 Å². The van der Waals surface area contributed by atoms with Crippen LogP contribution in [0.4, 0.5) is 5.82 Å². The van der Waals surface area contributed by atoms with Crippen LogP contribution in [-0.2, 0) is 4.74 Å². The Kier molecular flexibility index (Phi) is 3.13. The maximum absolute atomic E-state index is 5.97. The van der Waals surface area contributed by atoms with Crippen LogP contribution in [0, 0.1) is 0 Å². The number of aromatic nitrogens is 2. The third kappa shape index (κ3) is 2.22. The van der Waals surface area contributed by atoms with Crippen LogP contribution < -0.4 is 4.90 Å². The zero-order valence-corrected chi connectivity index (χ0v) is 10.8. The summed E-state index contributed by atoms with van der Waals surface area (Å²) in [7, 11) is 0. The molecule has 4 nitrogen and oxygen atoms in total. The molecule has 0 amide bonds. The average Bonchev–Trinajstić information content (AvgIpc) is 2.62. The van der Waals surface area contributed by atoms with Gasteiger partial charge in [0.15, 0.2) is 0 Å². The molecule has 0 spiro atoms. The van der Waals surface area contributed by atoms with Crippen LogP contribution in [0.15, 0.2) is 11.4 Å². The zero-order chi connectivity index (χ0) is 11.7. The fourth-order valence-corrected chi connectivity index (χ4v) is 2.99. The lowest BCUT2D eigenvalue weighted by atomic mass is 10.3. The van der Waals surface area contributed by atoms with E-state index in [1.807, 2.05) is 5.38 Å². The summed E-state index contributed by atoms with van der Waals surface area (Å²) in [5, 5.41) is 3.43. The Balaban J connectivity index is 2.05. The van der Waals surface area contributed by atoms with Crippen molar-refractivity contribution >= 4 is 39.0 Å². The number of rotatable bonds is 1. The zero-order valence-electron chi connectivity index (χ0n) is 9.23. The van der Waals surface area contributed by atoms with Crippen molar-refractivity contribution in [2.45, 2.75) is 6.42 Å². The van der Waals surface area contributed by atoms with Crippen LogP contribution >= 0.6 is 22.9 Å². The first-order valence-corrected chi connectivity index (χ1v) is 6.84. The van der Waals surface area contributed by atoms with Crippen molar-refractivity contribution in [3.8, 4) is 0 Å². The van der Waals surface area contributed by atoms with Crippen LogP contribution in [0.2, 0.25) is 5.28 Å². The van der Waals surface area contributed by atoms with Gasteiger partial charge in [-0.15, -0.1) is 11.3 Å². The topological polar surface area (TPSA) is 38.2 Å². The van der Waals surface area contributed by atoms with Crippen molar-refractivity contribution in [1.29, 1.82) is 0 Å². The molecule has 1 aliphatic heterocycles. The number of hydrogen-bond donors (Lipinski definition) is 0. The Labute approximate surface area is 108 Å². The highest BCUT2D eigenvalue weighted by molar-refractivity contribution is 7.16. The lowest BCUT2D eigenvalue weighted by Crippen LogP contribution is -2.27.